The van der Waals surface area contributed by atoms with Gasteiger partial charge >= 0.3 is 5.97 Å². The van der Waals surface area contributed by atoms with Crippen molar-refractivity contribution in [1.29, 1.82) is 0 Å². The summed E-state index contributed by atoms with van der Waals surface area (Å²) in [5, 5.41) is 22.0. The molecule has 2 heterocycles. The number of amides is 2. The van der Waals surface area contributed by atoms with Gasteiger partial charge in [0.1, 0.15) is 12.2 Å². The first-order valence-electron chi connectivity index (χ1n) is 7.88. The molecular weight excluding hydrogens is 352 g/mol. The Bertz CT molecular complexity index is 989. The van der Waals surface area contributed by atoms with E-state index >= 15 is 0 Å². The van der Waals surface area contributed by atoms with Gasteiger partial charge in [-0.25, -0.2) is 4.68 Å². The van der Waals surface area contributed by atoms with Crippen LogP contribution < -0.4 is 10.6 Å². The number of carboxylic acid groups (broad SMARTS) is 1. The van der Waals surface area contributed by atoms with Gasteiger partial charge in [0.05, 0.1) is 0 Å². The predicted molar refractivity (Wildman–Crippen MR) is 95.4 cm³/mol. The molecule has 3 aromatic rings. The highest BCUT2D eigenvalue weighted by molar-refractivity contribution is 6.04. The van der Waals surface area contributed by atoms with E-state index in [4.69, 9.17) is 5.11 Å². The quantitative estimate of drug-likeness (QED) is 0.599. The molecule has 0 atom stereocenters. The minimum atomic E-state index is -1.10. The zero-order chi connectivity index (χ0) is 19.4. The molecule has 3 rings (SSSR count). The molecule has 0 spiro atoms. The Labute approximate surface area is 153 Å². The molecule has 1 aromatic carbocycles. The third-order valence-electron chi connectivity index (χ3n) is 3.58. The maximum atomic E-state index is 12.3. The second-order valence-corrected chi connectivity index (χ2v) is 5.63. The maximum Gasteiger partial charge on any atom is 0.325 e. The van der Waals surface area contributed by atoms with Crippen molar-refractivity contribution in [1.82, 2.24) is 19.6 Å². The number of carboxylic acids is 1. The number of anilines is 2. The van der Waals surface area contributed by atoms with Crippen molar-refractivity contribution in [3.63, 3.8) is 0 Å². The second kappa shape index (κ2) is 7.52. The van der Waals surface area contributed by atoms with E-state index in [1.165, 1.54) is 16.9 Å². The Hall–Kier alpha value is -3.95. The zero-order valence-corrected chi connectivity index (χ0v) is 14.3. The standard InChI is InChI=1S/C17H16N6O4/c1-22-9-7-13(21-22)16(26)19-11-2-4-12(5-3-11)20-17(27)14-6-8-18-23(14)10-15(24)25/h2-9H,10H2,1H3,(H,19,26)(H,20,27)(H,24,25). The van der Waals surface area contributed by atoms with Gasteiger partial charge in [-0.05, 0) is 36.4 Å². The Morgan fingerprint density at radius 3 is 2.19 bits per heavy atom. The monoisotopic (exact) mass is 368 g/mol. The van der Waals surface area contributed by atoms with Crippen molar-refractivity contribution in [3.05, 3.63) is 60.2 Å². The molecule has 0 unspecified atom stereocenters. The Balaban J connectivity index is 1.64. The number of benzene rings is 1. The maximum absolute atomic E-state index is 12.3. The third kappa shape index (κ3) is 4.37. The fraction of sp³-hybridized carbons (Fsp3) is 0.118. The van der Waals surface area contributed by atoms with Crippen LogP contribution in [-0.2, 0) is 18.4 Å². The van der Waals surface area contributed by atoms with Crippen molar-refractivity contribution >= 4 is 29.2 Å². The molecule has 10 heteroatoms. The summed E-state index contributed by atoms with van der Waals surface area (Å²) in [6.07, 6.45) is 3.02. The van der Waals surface area contributed by atoms with Crippen LogP contribution in [0.1, 0.15) is 21.0 Å². The number of aryl methyl sites for hydroxylation is 1. The summed E-state index contributed by atoms with van der Waals surface area (Å²) in [7, 11) is 1.72. The molecule has 2 amide bonds. The van der Waals surface area contributed by atoms with Gasteiger partial charge in [0.2, 0.25) is 0 Å². The molecule has 2 aromatic heterocycles. The summed E-state index contributed by atoms with van der Waals surface area (Å²) in [6, 6.07) is 9.52. The highest BCUT2D eigenvalue weighted by Gasteiger charge is 2.14. The minimum Gasteiger partial charge on any atom is -0.480 e. The van der Waals surface area contributed by atoms with Gasteiger partial charge < -0.3 is 15.7 Å². The fourth-order valence-electron chi connectivity index (χ4n) is 2.34. The molecule has 138 valence electrons. The van der Waals surface area contributed by atoms with Crippen LogP contribution >= 0.6 is 0 Å². The van der Waals surface area contributed by atoms with E-state index in [1.807, 2.05) is 0 Å². The molecule has 0 aliphatic heterocycles. The van der Waals surface area contributed by atoms with Crippen LogP contribution in [0.3, 0.4) is 0 Å². The summed E-state index contributed by atoms with van der Waals surface area (Å²) in [5.41, 5.74) is 1.45. The van der Waals surface area contributed by atoms with E-state index in [2.05, 4.69) is 20.8 Å². The van der Waals surface area contributed by atoms with Crippen LogP contribution in [0.2, 0.25) is 0 Å². The van der Waals surface area contributed by atoms with Crippen molar-refractivity contribution in [2.24, 2.45) is 7.05 Å². The van der Waals surface area contributed by atoms with Gasteiger partial charge in [0.25, 0.3) is 11.8 Å². The third-order valence-corrected chi connectivity index (χ3v) is 3.58. The largest absolute Gasteiger partial charge is 0.480 e. The van der Waals surface area contributed by atoms with E-state index in [0.29, 0.717) is 17.1 Å². The number of hydrogen-bond acceptors (Lipinski definition) is 5. The first kappa shape index (κ1) is 17.9. The number of aliphatic carboxylic acids is 1. The van der Waals surface area contributed by atoms with Crippen LogP contribution in [-0.4, -0.2) is 42.5 Å². The molecule has 0 saturated carbocycles. The molecule has 3 N–H and O–H groups in total. The van der Waals surface area contributed by atoms with Gasteiger partial charge in [-0.2, -0.15) is 10.2 Å². The predicted octanol–water partition coefficient (Wildman–Crippen LogP) is 1.21. The minimum absolute atomic E-state index is 0.130. The number of hydrogen-bond donors (Lipinski definition) is 3. The van der Waals surface area contributed by atoms with Crippen LogP contribution in [0.5, 0.6) is 0 Å². The molecular formula is C17H16N6O4. The number of aromatic nitrogens is 4. The van der Waals surface area contributed by atoms with E-state index in [0.717, 1.165) is 4.68 Å². The number of carbonyl (C=O) groups is 3. The van der Waals surface area contributed by atoms with Crippen molar-refractivity contribution < 1.29 is 19.5 Å². The Kier molecular flexibility index (Phi) is 4.97. The summed E-state index contributed by atoms with van der Waals surface area (Å²) in [4.78, 5) is 35.1. The van der Waals surface area contributed by atoms with Crippen LogP contribution in [0, 0.1) is 0 Å². The Morgan fingerprint density at radius 1 is 1.00 bits per heavy atom. The molecule has 10 nitrogen and oxygen atoms in total. The molecule has 27 heavy (non-hydrogen) atoms. The van der Waals surface area contributed by atoms with E-state index in [1.54, 1.807) is 43.6 Å². The number of carbonyl (C=O) groups excluding carboxylic acids is 2. The average Bonchev–Trinajstić information content (AvgIpc) is 3.25. The molecule has 0 bridgehead atoms. The molecule has 0 aliphatic carbocycles. The van der Waals surface area contributed by atoms with Crippen molar-refractivity contribution in [2.75, 3.05) is 10.6 Å². The number of rotatable bonds is 6. The molecule has 0 radical (unpaired) electrons. The molecule has 0 fully saturated rings. The van der Waals surface area contributed by atoms with Gasteiger partial charge in [0.15, 0.2) is 5.69 Å². The topological polar surface area (TPSA) is 131 Å². The fourth-order valence-corrected chi connectivity index (χ4v) is 2.34. The molecule has 0 aliphatic rings. The van der Waals surface area contributed by atoms with Crippen LogP contribution in [0.15, 0.2) is 48.8 Å². The van der Waals surface area contributed by atoms with E-state index < -0.39 is 18.4 Å². The van der Waals surface area contributed by atoms with Crippen molar-refractivity contribution in [2.45, 2.75) is 6.54 Å². The number of nitrogens with one attached hydrogen (secondary N) is 2. The summed E-state index contributed by atoms with van der Waals surface area (Å²) in [5.74, 6) is -1.93. The highest BCUT2D eigenvalue weighted by Crippen LogP contribution is 2.15. The van der Waals surface area contributed by atoms with E-state index in [-0.39, 0.29) is 11.6 Å². The normalized spacial score (nSPS) is 10.4. The highest BCUT2D eigenvalue weighted by atomic mass is 16.4. The van der Waals surface area contributed by atoms with E-state index in [9.17, 15) is 14.4 Å². The lowest BCUT2D eigenvalue weighted by molar-refractivity contribution is -0.137. The van der Waals surface area contributed by atoms with Crippen LogP contribution in [0.25, 0.3) is 0 Å². The van der Waals surface area contributed by atoms with Gasteiger partial charge in [0, 0.05) is 30.8 Å². The summed E-state index contributed by atoms with van der Waals surface area (Å²) >= 11 is 0. The summed E-state index contributed by atoms with van der Waals surface area (Å²) < 4.78 is 2.63. The first-order chi connectivity index (χ1) is 12.9. The van der Waals surface area contributed by atoms with Crippen molar-refractivity contribution in [3.8, 4) is 0 Å². The van der Waals surface area contributed by atoms with Gasteiger partial charge in [-0.1, -0.05) is 0 Å². The zero-order valence-electron chi connectivity index (χ0n) is 14.3. The van der Waals surface area contributed by atoms with Crippen LogP contribution in [0.4, 0.5) is 11.4 Å². The SMILES string of the molecule is Cn1ccc(C(=O)Nc2ccc(NC(=O)c3ccnn3CC(=O)O)cc2)n1. The number of nitrogens with zero attached hydrogens (tertiary/aromatic N) is 4. The second-order valence-electron chi connectivity index (χ2n) is 5.63. The van der Waals surface area contributed by atoms with Gasteiger partial charge in [-0.3, -0.25) is 19.1 Å². The van der Waals surface area contributed by atoms with Gasteiger partial charge in [-0.15, -0.1) is 0 Å². The average molecular weight is 368 g/mol. The smallest absolute Gasteiger partial charge is 0.325 e. The summed E-state index contributed by atoms with van der Waals surface area (Å²) in [6.45, 7) is -0.408. The molecule has 0 saturated heterocycles. The lowest BCUT2D eigenvalue weighted by atomic mass is 10.2. The first-order valence-corrected chi connectivity index (χ1v) is 7.88. The Morgan fingerprint density at radius 2 is 1.63 bits per heavy atom. The lowest BCUT2D eigenvalue weighted by Gasteiger charge is -2.08. The lowest BCUT2D eigenvalue weighted by Crippen LogP contribution is -2.20.